The summed E-state index contributed by atoms with van der Waals surface area (Å²) in [4.78, 5) is 10.8. The average Bonchev–Trinajstić information content (AvgIpc) is 1.85. The van der Waals surface area contributed by atoms with Crippen LogP contribution in [0.1, 0.15) is 34.1 Å². The Morgan fingerprint density at radius 3 is 2.00 bits per heavy atom. The van der Waals surface area contributed by atoms with Gasteiger partial charge in [0.1, 0.15) is 0 Å². The highest BCUT2D eigenvalue weighted by atomic mass is 32.1. The summed E-state index contributed by atoms with van der Waals surface area (Å²) in [6.45, 7) is 7.57. The predicted molar refractivity (Wildman–Crippen MR) is 53.7 cm³/mol. The van der Waals surface area contributed by atoms with Crippen LogP contribution in [-0.2, 0) is 4.79 Å². The molecule has 0 aromatic heterocycles. The number of carboxylic acid groups (broad SMARTS) is 1. The number of hydrogen-bond donors (Lipinski definition) is 2. The molecule has 1 N–H and O–H groups in total. The molecule has 0 unspecified atom stereocenters. The van der Waals surface area contributed by atoms with Gasteiger partial charge in [0.05, 0.1) is 5.41 Å². The Hall–Kier alpha value is -0.180. The molecule has 2 nitrogen and oxygen atoms in total. The fraction of sp³-hybridized carbons (Fsp3) is 0.889. The van der Waals surface area contributed by atoms with Crippen molar-refractivity contribution in [2.24, 2.45) is 10.8 Å². The Balaban J connectivity index is 4.34. The summed E-state index contributed by atoms with van der Waals surface area (Å²) in [5, 5.41) is 8.88. The number of thiol groups is 1. The van der Waals surface area contributed by atoms with Crippen molar-refractivity contribution < 1.29 is 9.90 Å². The largest absolute Gasteiger partial charge is 0.481 e. The molecule has 0 saturated heterocycles. The van der Waals surface area contributed by atoms with E-state index in [4.69, 9.17) is 5.11 Å². The van der Waals surface area contributed by atoms with Gasteiger partial charge >= 0.3 is 5.97 Å². The molecule has 0 saturated carbocycles. The lowest BCUT2D eigenvalue weighted by molar-refractivity contribution is -0.148. The van der Waals surface area contributed by atoms with Gasteiger partial charge in [0.25, 0.3) is 0 Å². The van der Waals surface area contributed by atoms with E-state index in [-0.39, 0.29) is 5.41 Å². The molecule has 0 amide bonds. The molecule has 0 heterocycles. The van der Waals surface area contributed by atoms with Crippen LogP contribution in [0.2, 0.25) is 0 Å². The van der Waals surface area contributed by atoms with Gasteiger partial charge in [-0.25, -0.2) is 0 Å². The molecule has 0 radical (unpaired) electrons. The standard InChI is InChI=1S/C9H18O2S/c1-8(2,6-12)5-9(3,4)7(10)11/h12H,5-6H2,1-4H3,(H,10,11). The van der Waals surface area contributed by atoms with Gasteiger partial charge in [-0.2, -0.15) is 12.6 Å². The predicted octanol–water partition coefficient (Wildman–Crippen LogP) is 2.44. The fourth-order valence-electron chi connectivity index (χ4n) is 1.33. The van der Waals surface area contributed by atoms with Crippen molar-refractivity contribution in [1.82, 2.24) is 0 Å². The SMILES string of the molecule is CC(C)(CS)CC(C)(C)C(=O)O. The number of rotatable bonds is 4. The third-order valence-electron chi connectivity index (χ3n) is 1.93. The van der Waals surface area contributed by atoms with E-state index in [9.17, 15) is 4.79 Å². The number of aliphatic carboxylic acids is 1. The highest BCUT2D eigenvalue weighted by Crippen LogP contribution is 2.34. The van der Waals surface area contributed by atoms with Crippen LogP contribution in [0.15, 0.2) is 0 Å². The minimum atomic E-state index is -0.739. The number of hydrogen-bond acceptors (Lipinski definition) is 2. The second-order valence-electron chi connectivity index (χ2n) is 4.69. The minimum absolute atomic E-state index is 0.00893. The van der Waals surface area contributed by atoms with E-state index in [0.29, 0.717) is 12.2 Å². The lowest BCUT2D eigenvalue weighted by Gasteiger charge is -2.30. The Morgan fingerprint density at radius 2 is 1.75 bits per heavy atom. The smallest absolute Gasteiger partial charge is 0.309 e. The van der Waals surface area contributed by atoms with Crippen molar-refractivity contribution in [1.29, 1.82) is 0 Å². The molecule has 0 aromatic carbocycles. The molecule has 0 fully saturated rings. The topological polar surface area (TPSA) is 37.3 Å². The van der Waals surface area contributed by atoms with Crippen LogP contribution >= 0.6 is 12.6 Å². The first kappa shape index (κ1) is 11.8. The van der Waals surface area contributed by atoms with Crippen LogP contribution in [0.5, 0.6) is 0 Å². The third kappa shape index (κ3) is 3.48. The normalized spacial score (nSPS) is 13.1. The number of carboxylic acids is 1. The maximum atomic E-state index is 10.8. The van der Waals surface area contributed by atoms with Crippen LogP contribution in [-0.4, -0.2) is 16.8 Å². The molecular weight excluding hydrogens is 172 g/mol. The highest BCUT2D eigenvalue weighted by molar-refractivity contribution is 7.80. The summed E-state index contributed by atoms with van der Waals surface area (Å²) in [6.07, 6.45) is 0.652. The molecular formula is C9H18O2S. The van der Waals surface area contributed by atoms with Gasteiger partial charge in [-0.1, -0.05) is 13.8 Å². The van der Waals surface area contributed by atoms with Crippen molar-refractivity contribution in [3.8, 4) is 0 Å². The molecule has 12 heavy (non-hydrogen) atoms. The van der Waals surface area contributed by atoms with Crippen molar-refractivity contribution in [2.75, 3.05) is 5.75 Å². The van der Waals surface area contributed by atoms with Gasteiger partial charge in [-0.15, -0.1) is 0 Å². The first-order chi connectivity index (χ1) is 5.21. The molecule has 0 aliphatic carbocycles. The molecule has 0 spiro atoms. The van der Waals surface area contributed by atoms with Crippen molar-refractivity contribution in [3.63, 3.8) is 0 Å². The third-order valence-corrected chi connectivity index (χ3v) is 2.78. The summed E-state index contributed by atoms with van der Waals surface area (Å²) in [5.74, 6) is -0.0265. The minimum Gasteiger partial charge on any atom is -0.481 e. The van der Waals surface area contributed by atoms with Crippen LogP contribution < -0.4 is 0 Å². The first-order valence-corrected chi connectivity index (χ1v) is 4.69. The summed E-state index contributed by atoms with van der Waals surface area (Å²) in [5.41, 5.74) is -0.656. The Labute approximate surface area is 79.8 Å². The second-order valence-corrected chi connectivity index (χ2v) is 5.00. The highest BCUT2D eigenvalue weighted by Gasteiger charge is 2.33. The van der Waals surface area contributed by atoms with Crippen LogP contribution in [0.25, 0.3) is 0 Å². The quantitative estimate of drug-likeness (QED) is 0.668. The molecule has 3 heteroatoms. The molecule has 0 bridgehead atoms. The van der Waals surface area contributed by atoms with Crippen molar-refractivity contribution in [2.45, 2.75) is 34.1 Å². The summed E-state index contributed by atoms with van der Waals surface area (Å²) >= 11 is 4.19. The second kappa shape index (κ2) is 3.69. The Kier molecular flexibility index (Phi) is 3.63. The van der Waals surface area contributed by atoms with E-state index in [2.05, 4.69) is 12.6 Å². The van der Waals surface area contributed by atoms with Crippen molar-refractivity contribution in [3.05, 3.63) is 0 Å². The van der Waals surface area contributed by atoms with Crippen molar-refractivity contribution >= 4 is 18.6 Å². The Morgan fingerprint density at radius 1 is 1.33 bits per heavy atom. The lowest BCUT2D eigenvalue weighted by Crippen LogP contribution is -2.31. The fourth-order valence-corrected chi connectivity index (χ4v) is 1.44. The van der Waals surface area contributed by atoms with Gasteiger partial charge in [-0.3, -0.25) is 4.79 Å². The zero-order valence-electron chi connectivity index (χ0n) is 8.22. The maximum Gasteiger partial charge on any atom is 0.309 e. The van der Waals surface area contributed by atoms with E-state index >= 15 is 0 Å². The van der Waals surface area contributed by atoms with Gasteiger partial charge < -0.3 is 5.11 Å². The molecule has 0 aliphatic heterocycles. The molecule has 0 rings (SSSR count). The van der Waals surface area contributed by atoms with Crippen LogP contribution in [0.3, 0.4) is 0 Å². The summed E-state index contributed by atoms with van der Waals surface area (Å²) in [7, 11) is 0. The molecule has 0 atom stereocenters. The summed E-state index contributed by atoms with van der Waals surface area (Å²) < 4.78 is 0. The monoisotopic (exact) mass is 190 g/mol. The van der Waals surface area contributed by atoms with Gasteiger partial charge in [0, 0.05) is 0 Å². The Bertz CT molecular complexity index is 173. The van der Waals surface area contributed by atoms with Crippen LogP contribution in [0.4, 0.5) is 0 Å². The molecule has 72 valence electrons. The van der Waals surface area contributed by atoms with E-state index in [1.165, 1.54) is 0 Å². The first-order valence-electron chi connectivity index (χ1n) is 4.05. The average molecular weight is 190 g/mol. The zero-order chi connectivity index (χ0) is 9.99. The van der Waals surface area contributed by atoms with E-state index in [0.717, 1.165) is 0 Å². The van der Waals surface area contributed by atoms with Gasteiger partial charge in [0.2, 0.25) is 0 Å². The van der Waals surface area contributed by atoms with E-state index < -0.39 is 11.4 Å². The molecule has 0 aliphatic rings. The number of carbonyl (C=O) groups is 1. The summed E-state index contributed by atoms with van der Waals surface area (Å²) in [6, 6.07) is 0. The van der Waals surface area contributed by atoms with Gasteiger partial charge in [-0.05, 0) is 31.4 Å². The van der Waals surface area contributed by atoms with E-state index in [1.54, 1.807) is 13.8 Å². The maximum absolute atomic E-state index is 10.8. The van der Waals surface area contributed by atoms with Gasteiger partial charge in [0.15, 0.2) is 0 Å². The van der Waals surface area contributed by atoms with E-state index in [1.807, 2.05) is 13.8 Å². The molecule has 0 aromatic rings. The van der Waals surface area contributed by atoms with Crippen LogP contribution in [0, 0.1) is 10.8 Å². The lowest BCUT2D eigenvalue weighted by atomic mass is 9.76. The zero-order valence-corrected chi connectivity index (χ0v) is 9.11.